The SMILES string of the molecule is CCS(=O)(=O)CCn1nc(N(C)C)nc1N. The normalized spacial score (nSPS) is 11.7. The first-order valence-electron chi connectivity index (χ1n) is 4.94. The molecule has 0 aliphatic rings. The molecular formula is C8H17N5O2S. The van der Waals surface area contributed by atoms with E-state index in [-0.39, 0.29) is 24.0 Å². The molecular weight excluding hydrogens is 230 g/mol. The van der Waals surface area contributed by atoms with Gasteiger partial charge in [-0.2, -0.15) is 4.98 Å². The summed E-state index contributed by atoms with van der Waals surface area (Å²) >= 11 is 0. The average Bonchev–Trinajstić information content (AvgIpc) is 2.57. The largest absolute Gasteiger partial charge is 0.368 e. The first kappa shape index (κ1) is 12.8. The highest BCUT2D eigenvalue weighted by molar-refractivity contribution is 7.91. The third kappa shape index (κ3) is 3.09. The quantitative estimate of drug-likeness (QED) is 0.744. The van der Waals surface area contributed by atoms with Crippen molar-refractivity contribution < 1.29 is 8.42 Å². The summed E-state index contributed by atoms with van der Waals surface area (Å²) < 4.78 is 24.0. The third-order valence-electron chi connectivity index (χ3n) is 2.14. The van der Waals surface area contributed by atoms with E-state index in [9.17, 15) is 8.42 Å². The number of hydrogen-bond acceptors (Lipinski definition) is 6. The lowest BCUT2D eigenvalue weighted by atomic mass is 10.7. The van der Waals surface area contributed by atoms with Crippen LogP contribution in [0.25, 0.3) is 0 Å². The minimum Gasteiger partial charge on any atom is -0.368 e. The molecule has 0 spiro atoms. The molecule has 0 radical (unpaired) electrons. The van der Waals surface area contributed by atoms with Gasteiger partial charge >= 0.3 is 0 Å². The van der Waals surface area contributed by atoms with Crippen molar-refractivity contribution >= 4 is 21.7 Å². The molecule has 0 saturated heterocycles. The molecule has 1 heterocycles. The van der Waals surface area contributed by atoms with Crippen molar-refractivity contribution in [3.8, 4) is 0 Å². The van der Waals surface area contributed by atoms with Gasteiger partial charge in [0.15, 0.2) is 9.84 Å². The average molecular weight is 247 g/mol. The van der Waals surface area contributed by atoms with Gasteiger partial charge in [-0.05, 0) is 0 Å². The first-order chi connectivity index (χ1) is 7.35. The summed E-state index contributed by atoms with van der Waals surface area (Å²) in [6.07, 6.45) is 0. The Kier molecular flexibility index (Phi) is 3.74. The van der Waals surface area contributed by atoms with Crippen molar-refractivity contribution in [3.05, 3.63) is 0 Å². The van der Waals surface area contributed by atoms with Gasteiger partial charge in [-0.1, -0.05) is 6.92 Å². The maximum atomic E-state index is 11.3. The number of nitrogens with two attached hydrogens (primary N) is 1. The van der Waals surface area contributed by atoms with Crippen molar-refractivity contribution in [1.82, 2.24) is 14.8 Å². The van der Waals surface area contributed by atoms with Crippen molar-refractivity contribution in [1.29, 1.82) is 0 Å². The van der Waals surface area contributed by atoms with E-state index in [1.165, 1.54) is 4.68 Å². The van der Waals surface area contributed by atoms with Gasteiger partial charge in [0, 0.05) is 19.8 Å². The van der Waals surface area contributed by atoms with E-state index in [4.69, 9.17) is 5.73 Å². The molecule has 16 heavy (non-hydrogen) atoms. The Morgan fingerprint density at radius 2 is 2.06 bits per heavy atom. The Morgan fingerprint density at radius 3 is 2.50 bits per heavy atom. The van der Waals surface area contributed by atoms with E-state index in [0.29, 0.717) is 5.95 Å². The predicted molar refractivity (Wildman–Crippen MR) is 63.1 cm³/mol. The lowest BCUT2D eigenvalue weighted by molar-refractivity contribution is 0.583. The molecule has 1 aromatic heterocycles. The molecule has 1 aromatic rings. The zero-order valence-corrected chi connectivity index (χ0v) is 10.5. The summed E-state index contributed by atoms with van der Waals surface area (Å²) in [5, 5.41) is 4.09. The fourth-order valence-corrected chi connectivity index (χ4v) is 1.81. The van der Waals surface area contributed by atoms with Crippen molar-refractivity contribution in [2.45, 2.75) is 13.5 Å². The monoisotopic (exact) mass is 247 g/mol. The highest BCUT2D eigenvalue weighted by Gasteiger charge is 2.12. The number of aromatic nitrogens is 3. The number of sulfone groups is 1. The van der Waals surface area contributed by atoms with Gasteiger partial charge < -0.3 is 10.6 Å². The van der Waals surface area contributed by atoms with Crippen LogP contribution in [0.4, 0.5) is 11.9 Å². The standard InChI is InChI=1S/C8H17N5O2S/c1-4-16(14,15)6-5-13-7(9)10-8(11-13)12(2)3/h4-6H2,1-3H3,(H2,9,10,11). The molecule has 1 rings (SSSR count). The summed E-state index contributed by atoms with van der Waals surface area (Å²) in [5.41, 5.74) is 5.62. The zero-order chi connectivity index (χ0) is 12.3. The number of rotatable bonds is 5. The lowest BCUT2D eigenvalue weighted by Crippen LogP contribution is -2.17. The van der Waals surface area contributed by atoms with Crippen LogP contribution in [0.1, 0.15) is 6.92 Å². The Morgan fingerprint density at radius 1 is 1.44 bits per heavy atom. The van der Waals surface area contributed by atoms with Crippen LogP contribution in [0.2, 0.25) is 0 Å². The topological polar surface area (TPSA) is 94.1 Å². The fourth-order valence-electron chi connectivity index (χ4n) is 1.07. The van der Waals surface area contributed by atoms with Crippen molar-refractivity contribution in [3.63, 3.8) is 0 Å². The Hall–Kier alpha value is -1.31. The molecule has 2 N–H and O–H groups in total. The van der Waals surface area contributed by atoms with Gasteiger partial charge in [-0.3, -0.25) is 0 Å². The molecule has 0 aromatic carbocycles. The minimum atomic E-state index is -3.00. The summed E-state index contributed by atoms with van der Waals surface area (Å²) in [6.45, 7) is 1.86. The summed E-state index contributed by atoms with van der Waals surface area (Å²) in [6, 6.07) is 0. The van der Waals surface area contributed by atoms with Crippen molar-refractivity contribution in [2.75, 3.05) is 36.2 Å². The van der Waals surface area contributed by atoms with E-state index in [1.807, 2.05) is 0 Å². The Labute approximate surface area is 95.2 Å². The summed E-state index contributed by atoms with van der Waals surface area (Å²) in [4.78, 5) is 5.71. The highest BCUT2D eigenvalue weighted by Crippen LogP contribution is 2.07. The van der Waals surface area contributed by atoms with Gasteiger partial charge in [-0.15, -0.1) is 5.10 Å². The van der Waals surface area contributed by atoms with E-state index in [1.54, 1.807) is 25.9 Å². The Balaban J connectivity index is 2.75. The number of hydrogen-bond donors (Lipinski definition) is 1. The molecule has 0 aliphatic carbocycles. The molecule has 0 bridgehead atoms. The van der Waals surface area contributed by atoms with Gasteiger partial charge in [0.1, 0.15) is 0 Å². The van der Waals surface area contributed by atoms with Crippen LogP contribution in [-0.4, -0.2) is 48.8 Å². The highest BCUT2D eigenvalue weighted by atomic mass is 32.2. The van der Waals surface area contributed by atoms with Crippen molar-refractivity contribution in [2.24, 2.45) is 0 Å². The number of nitrogens with zero attached hydrogens (tertiary/aromatic N) is 4. The van der Waals surface area contributed by atoms with Crippen LogP contribution in [-0.2, 0) is 16.4 Å². The fraction of sp³-hybridized carbons (Fsp3) is 0.750. The number of aryl methyl sites for hydroxylation is 1. The van der Waals surface area contributed by atoms with Crippen LogP contribution >= 0.6 is 0 Å². The summed E-state index contributed by atoms with van der Waals surface area (Å²) in [7, 11) is 0.584. The van der Waals surface area contributed by atoms with Gasteiger partial charge in [-0.25, -0.2) is 13.1 Å². The third-order valence-corrected chi connectivity index (χ3v) is 3.83. The maximum Gasteiger partial charge on any atom is 0.246 e. The molecule has 92 valence electrons. The second kappa shape index (κ2) is 4.69. The molecule has 0 amide bonds. The summed E-state index contributed by atoms with van der Waals surface area (Å²) in [5.74, 6) is 0.868. The maximum absolute atomic E-state index is 11.3. The van der Waals surface area contributed by atoms with Gasteiger partial charge in [0.2, 0.25) is 11.9 Å². The van der Waals surface area contributed by atoms with Crippen LogP contribution < -0.4 is 10.6 Å². The smallest absolute Gasteiger partial charge is 0.246 e. The van der Waals surface area contributed by atoms with E-state index in [0.717, 1.165) is 0 Å². The van der Waals surface area contributed by atoms with E-state index < -0.39 is 9.84 Å². The molecule has 7 nitrogen and oxygen atoms in total. The van der Waals surface area contributed by atoms with Gasteiger partial charge in [0.05, 0.1) is 12.3 Å². The van der Waals surface area contributed by atoms with Crippen LogP contribution in [0, 0.1) is 0 Å². The minimum absolute atomic E-state index is 0.0317. The second-order valence-corrected chi connectivity index (χ2v) is 6.10. The van der Waals surface area contributed by atoms with Gasteiger partial charge in [0.25, 0.3) is 0 Å². The zero-order valence-electron chi connectivity index (χ0n) is 9.71. The Bertz CT molecular complexity index is 451. The van der Waals surface area contributed by atoms with E-state index in [2.05, 4.69) is 10.1 Å². The second-order valence-electron chi connectivity index (χ2n) is 3.62. The molecule has 0 fully saturated rings. The number of nitrogen functional groups attached to an aromatic ring is 1. The molecule has 0 saturated carbocycles. The predicted octanol–water partition coefficient (Wildman–Crippen LogP) is -0.639. The lowest BCUT2D eigenvalue weighted by Gasteiger charge is -2.04. The molecule has 0 atom stereocenters. The first-order valence-corrected chi connectivity index (χ1v) is 6.76. The molecule has 8 heteroatoms. The molecule has 0 aliphatic heterocycles. The van der Waals surface area contributed by atoms with Crippen LogP contribution in [0.5, 0.6) is 0 Å². The van der Waals surface area contributed by atoms with Crippen LogP contribution in [0.3, 0.4) is 0 Å². The number of anilines is 2. The van der Waals surface area contributed by atoms with Crippen LogP contribution in [0.15, 0.2) is 0 Å². The molecule has 0 unspecified atom stereocenters. The van der Waals surface area contributed by atoms with E-state index >= 15 is 0 Å².